The third kappa shape index (κ3) is 4.56. The van der Waals surface area contributed by atoms with Crippen molar-refractivity contribution in [2.75, 3.05) is 0 Å². The molecule has 0 radical (unpaired) electrons. The minimum atomic E-state index is -0.582. The van der Waals surface area contributed by atoms with Crippen LogP contribution in [0.25, 0.3) is 87.2 Å². The summed E-state index contributed by atoms with van der Waals surface area (Å²) in [6, 6.07) is 81.7. The molecule has 0 saturated carbocycles. The summed E-state index contributed by atoms with van der Waals surface area (Å²) in [4.78, 5) is 0. The van der Waals surface area contributed by atoms with E-state index in [2.05, 4.69) is 218 Å². The largest absolute Gasteiger partial charge is 0.0714 e. The zero-order chi connectivity index (χ0) is 37.5. The molecule has 0 amide bonds. The van der Waals surface area contributed by atoms with E-state index in [1.165, 1.54) is 109 Å². The van der Waals surface area contributed by atoms with E-state index in [0.29, 0.717) is 0 Å². The summed E-state index contributed by atoms with van der Waals surface area (Å²) in [5.41, 5.74) is 12.2. The van der Waals surface area contributed by atoms with Crippen molar-refractivity contribution in [2.24, 2.45) is 0 Å². The summed E-state index contributed by atoms with van der Waals surface area (Å²) in [5.74, 6) is 0. The first-order chi connectivity index (χ1) is 28.3. The monoisotopic (exact) mass is 720 g/mol. The third-order valence-electron chi connectivity index (χ3n) is 12.7. The van der Waals surface area contributed by atoms with Gasteiger partial charge >= 0.3 is 0 Å². The molecule has 0 unspecified atom stereocenters. The van der Waals surface area contributed by atoms with Crippen LogP contribution in [0.1, 0.15) is 22.3 Å². The second-order valence-electron chi connectivity index (χ2n) is 15.5. The van der Waals surface area contributed by atoms with Crippen LogP contribution >= 0.6 is 0 Å². The van der Waals surface area contributed by atoms with Crippen LogP contribution in [0.5, 0.6) is 0 Å². The Balaban J connectivity index is 1.23. The molecule has 12 rings (SSSR count). The van der Waals surface area contributed by atoms with Gasteiger partial charge in [0.1, 0.15) is 0 Å². The molecule has 0 heterocycles. The fraction of sp³-hybridized carbons (Fsp3) is 0.0175. The summed E-state index contributed by atoms with van der Waals surface area (Å²) < 4.78 is 0. The summed E-state index contributed by atoms with van der Waals surface area (Å²) in [7, 11) is 0. The second-order valence-corrected chi connectivity index (χ2v) is 15.5. The Morgan fingerprint density at radius 2 is 0.667 bits per heavy atom. The van der Waals surface area contributed by atoms with Gasteiger partial charge in [-0.05, 0) is 134 Å². The molecule has 57 heavy (non-hydrogen) atoms. The van der Waals surface area contributed by atoms with Crippen molar-refractivity contribution >= 4 is 53.9 Å². The van der Waals surface area contributed by atoms with Gasteiger partial charge in [-0.25, -0.2) is 0 Å². The maximum atomic E-state index is 2.55. The Kier molecular flexibility index (Phi) is 6.94. The van der Waals surface area contributed by atoms with Crippen LogP contribution in [0.2, 0.25) is 0 Å². The van der Waals surface area contributed by atoms with Gasteiger partial charge in [0.2, 0.25) is 0 Å². The van der Waals surface area contributed by atoms with Crippen LogP contribution in [-0.2, 0) is 5.41 Å². The highest BCUT2D eigenvalue weighted by molar-refractivity contribution is 6.19. The molecule has 0 bridgehead atoms. The van der Waals surface area contributed by atoms with E-state index in [-0.39, 0.29) is 0 Å². The highest BCUT2D eigenvalue weighted by atomic mass is 14.5. The fourth-order valence-electron chi connectivity index (χ4n) is 10.3. The minimum absolute atomic E-state index is 0.582. The average molecular weight is 721 g/mol. The fourth-order valence-corrected chi connectivity index (χ4v) is 10.3. The number of benzene rings is 11. The van der Waals surface area contributed by atoms with Crippen LogP contribution in [0.4, 0.5) is 0 Å². The van der Waals surface area contributed by atoms with Gasteiger partial charge in [0, 0.05) is 0 Å². The summed E-state index contributed by atoms with van der Waals surface area (Å²) in [5, 5.41) is 12.7. The highest BCUT2D eigenvalue weighted by Gasteiger charge is 2.47. The highest BCUT2D eigenvalue weighted by Crippen LogP contribution is 2.60. The standard InChI is InChI=1S/C57H36/c1-3-19-40(20-4-1)57(41-21-5-2-6-22-41)54-35-39(51-33-37-17-7-9-23-42(37)44-25-11-13-27-46(44)51)31-32-50(54)56-49-30-16-15-29-48(49)53(36-55(56)57)52-34-38-18-8-10-24-43(38)45-26-12-14-28-47(45)52/h1-36H. The molecular formula is C57H36. The van der Waals surface area contributed by atoms with Gasteiger partial charge in [0.05, 0.1) is 5.41 Å². The molecule has 0 fully saturated rings. The van der Waals surface area contributed by atoms with Crippen LogP contribution in [-0.4, -0.2) is 0 Å². The Labute approximate surface area is 331 Å². The van der Waals surface area contributed by atoms with Gasteiger partial charge in [-0.2, -0.15) is 0 Å². The van der Waals surface area contributed by atoms with Crippen LogP contribution in [0.15, 0.2) is 218 Å². The molecule has 0 nitrogen and oxygen atoms in total. The smallest absolute Gasteiger partial charge is 0.0622 e. The van der Waals surface area contributed by atoms with Gasteiger partial charge in [0.15, 0.2) is 0 Å². The molecule has 1 aliphatic carbocycles. The molecule has 0 saturated heterocycles. The maximum Gasteiger partial charge on any atom is 0.0714 e. The number of rotatable bonds is 4. The van der Waals surface area contributed by atoms with Gasteiger partial charge in [-0.1, -0.05) is 194 Å². The van der Waals surface area contributed by atoms with Crippen LogP contribution < -0.4 is 0 Å². The van der Waals surface area contributed by atoms with Gasteiger partial charge in [0.25, 0.3) is 0 Å². The van der Waals surface area contributed by atoms with Crippen molar-refractivity contribution in [3.8, 4) is 33.4 Å². The van der Waals surface area contributed by atoms with Crippen LogP contribution in [0, 0.1) is 0 Å². The van der Waals surface area contributed by atoms with E-state index in [4.69, 9.17) is 0 Å². The lowest BCUT2D eigenvalue weighted by atomic mass is 9.67. The number of hydrogen-bond donors (Lipinski definition) is 0. The molecule has 11 aromatic rings. The Morgan fingerprint density at radius 3 is 1.25 bits per heavy atom. The SMILES string of the molecule is c1ccc(C2(c3ccccc3)c3cc(-c4cc5ccccc5c5ccccc45)ccc3-c3c2cc(-c2cc4ccccc4c4ccccc24)c2ccccc32)cc1. The molecule has 0 aliphatic heterocycles. The van der Waals surface area contributed by atoms with E-state index >= 15 is 0 Å². The van der Waals surface area contributed by atoms with E-state index < -0.39 is 5.41 Å². The molecule has 0 spiro atoms. The summed E-state index contributed by atoms with van der Waals surface area (Å²) in [6.45, 7) is 0. The summed E-state index contributed by atoms with van der Waals surface area (Å²) in [6.07, 6.45) is 0. The molecule has 0 atom stereocenters. The van der Waals surface area contributed by atoms with E-state index in [9.17, 15) is 0 Å². The predicted octanol–water partition coefficient (Wildman–Crippen LogP) is 15.1. The lowest BCUT2D eigenvalue weighted by molar-refractivity contribution is 0.769. The molecule has 1 aliphatic rings. The van der Waals surface area contributed by atoms with Crippen molar-refractivity contribution in [1.82, 2.24) is 0 Å². The number of fused-ring (bicyclic) bond motifs is 11. The van der Waals surface area contributed by atoms with Crippen molar-refractivity contribution in [1.29, 1.82) is 0 Å². The normalized spacial score (nSPS) is 13.1. The topological polar surface area (TPSA) is 0 Å². The van der Waals surface area contributed by atoms with Crippen LogP contribution in [0.3, 0.4) is 0 Å². The van der Waals surface area contributed by atoms with E-state index in [0.717, 1.165) is 0 Å². The van der Waals surface area contributed by atoms with E-state index in [1.807, 2.05) is 0 Å². The Morgan fingerprint density at radius 1 is 0.246 bits per heavy atom. The maximum absolute atomic E-state index is 2.55. The van der Waals surface area contributed by atoms with Gasteiger partial charge in [-0.3, -0.25) is 0 Å². The first-order valence-corrected chi connectivity index (χ1v) is 19.9. The van der Waals surface area contributed by atoms with Gasteiger partial charge < -0.3 is 0 Å². The molecule has 11 aromatic carbocycles. The van der Waals surface area contributed by atoms with Crippen molar-refractivity contribution in [2.45, 2.75) is 5.41 Å². The first-order valence-electron chi connectivity index (χ1n) is 19.9. The first kappa shape index (κ1) is 32.0. The lowest BCUT2D eigenvalue weighted by Gasteiger charge is -2.34. The lowest BCUT2D eigenvalue weighted by Crippen LogP contribution is -2.28. The van der Waals surface area contributed by atoms with Crippen molar-refractivity contribution < 1.29 is 0 Å². The van der Waals surface area contributed by atoms with Crippen molar-refractivity contribution in [3.63, 3.8) is 0 Å². The Hall–Kier alpha value is -7.28. The minimum Gasteiger partial charge on any atom is -0.0622 e. The second kappa shape index (κ2) is 12.4. The third-order valence-corrected chi connectivity index (χ3v) is 12.7. The molecule has 0 aromatic heterocycles. The average Bonchev–Trinajstić information content (AvgIpc) is 3.59. The predicted molar refractivity (Wildman–Crippen MR) is 242 cm³/mol. The van der Waals surface area contributed by atoms with E-state index in [1.54, 1.807) is 0 Å². The molecule has 264 valence electrons. The molecule has 0 N–H and O–H groups in total. The Bertz CT molecular complexity index is 3350. The zero-order valence-corrected chi connectivity index (χ0v) is 31.3. The molecular weight excluding hydrogens is 685 g/mol. The van der Waals surface area contributed by atoms with Crippen molar-refractivity contribution in [3.05, 3.63) is 241 Å². The van der Waals surface area contributed by atoms with Gasteiger partial charge in [-0.15, -0.1) is 0 Å². The zero-order valence-electron chi connectivity index (χ0n) is 31.3. The summed E-state index contributed by atoms with van der Waals surface area (Å²) >= 11 is 0. The molecule has 0 heteroatoms. The quantitative estimate of drug-likeness (QED) is 0.159. The number of hydrogen-bond acceptors (Lipinski definition) is 0.